The van der Waals surface area contributed by atoms with E-state index >= 15 is 0 Å². The molecule has 0 saturated carbocycles. The lowest BCUT2D eigenvalue weighted by molar-refractivity contribution is 0.0370. The molecule has 0 aromatic carbocycles. The van der Waals surface area contributed by atoms with Gasteiger partial charge in [0, 0.05) is 12.8 Å². The summed E-state index contributed by atoms with van der Waals surface area (Å²) in [7, 11) is -2.81. The van der Waals surface area contributed by atoms with Gasteiger partial charge in [-0.2, -0.15) is 0 Å². The van der Waals surface area contributed by atoms with Gasteiger partial charge < -0.3 is 19.3 Å². The minimum atomic E-state index is -2.81. The molecule has 0 rings (SSSR count). The first-order valence-electron chi connectivity index (χ1n) is 7.62. The molecule has 0 saturated heterocycles. The maximum Gasteiger partial charge on any atom is 0.435 e. The molecule has 0 aromatic rings. The number of hydrogen-bond acceptors (Lipinski definition) is 5. The summed E-state index contributed by atoms with van der Waals surface area (Å²) >= 11 is 0. The molecule has 0 spiro atoms. The summed E-state index contributed by atoms with van der Waals surface area (Å²) in [6.45, 7) is 7.51. The van der Waals surface area contributed by atoms with E-state index < -0.39 is 19.5 Å². The molecule has 22 heavy (non-hydrogen) atoms. The zero-order chi connectivity index (χ0) is 17.1. The molecular weight excluding hydrogens is 303 g/mol. The van der Waals surface area contributed by atoms with Crippen molar-refractivity contribution < 1.29 is 23.8 Å². The second kappa shape index (κ2) is 10.6. The summed E-state index contributed by atoms with van der Waals surface area (Å²) in [6.07, 6.45) is 7.40. The van der Waals surface area contributed by atoms with Gasteiger partial charge in [0.15, 0.2) is 0 Å². The summed E-state index contributed by atoms with van der Waals surface area (Å²) in [4.78, 5) is 0. The molecule has 126 valence electrons. The van der Waals surface area contributed by atoms with E-state index in [-0.39, 0.29) is 12.8 Å². The molecule has 0 heterocycles. The first kappa shape index (κ1) is 20.9. The van der Waals surface area contributed by atoms with Crippen molar-refractivity contribution in [2.75, 3.05) is 0 Å². The largest absolute Gasteiger partial charge is 0.435 e. The average molecular weight is 330 g/mol. The molecule has 5 nitrogen and oxygen atoms in total. The van der Waals surface area contributed by atoms with Gasteiger partial charge in [-0.05, 0) is 25.7 Å². The molecule has 0 amide bonds. The van der Waals surface area contributed by atoms with Crippen LogP contribution in [0.5, 0.6) is 0 Å². The second-order valence-electron chi connectivity index (χ2n) is 5.23. The average Bonchev–Trinajstić information content (AvgIpc) is 2.55. The van der Waals surface area contributed by atoms with Gasteiger partial charge in [0.1, 0.15) is 12.2 Å². The predicted octanol–water partition coefficient (Wildman–Crippen LogP) is 3.21. The van der Waals surface area contributed by atoms with E-state index in [4.69, 9.17) is 9.05 Å². The highest BCUT2D eigenvalue weighted by Crippen LogP contribution is 2.23. The third-order valence-corrected chi connectivity index (χ3v) is 4.42. The zero-order valence-corrected chi connectivity index (χ0v) is 14.9. The third kappa shape index (κ3) is 8.35. The minimum absolute atomic E-state index is 0.251. The van der Waals surface area contributed by atoms with Crippen LogP contribution in [0.3, 0.4) is 0 Å². The maximum absolute atomic E-state index is 11.4. The van der Waals surface area contributed by atoms with Crippen LogP contribution >= 0.6 is 8.25 Å². The van der Waals surface area contributed by atoms with Gasteiger partial charge in [-0.25, -0.2) is 4.57 Å². The van der Waals surface area contributed by atoms with Gasteiger partial charge in [-0.3, -0.25) is 0 Å². The summed E-state index contributed by atoms with van der Waals surface area (Å²) < 4.78 is 20.8. The van der Waals surface area contributed by atoms with Crippen molar-refractivity contribution in [3.8, 4) is 24.1 Å². The number of rotatable bonds is 8. The van der Waals surface area contributed by atoms with E-state index in [0.717, 1.165) is 0 Å². The van der Waals surface area contributed by atoms with Crippen molar-refractivity contribution in [3.05, 3.63) is 0 Å². The van der Waals surface area contributed by atoms with Gasteiger partial charge in [-0.15, -0.1) is 0 Å². The molecule has 0 fully saturated rings. The smallest absolute Gasteiger partial charge is 0.389 e. The van der Waals surface area contributed by atoms with E-state index in [9.17, 15) is 14.8 Å². The van der Waals surface area contributed by atoms with Crippen molar-refractivity contribution in [1.29, 1.82) is 0 Å². The van der Waals surface area contributed by atoms with Crippen molar-refractivity contribution in [2.45, 2.75) is 77.4 Å². The molecule has 0 aliphatic rings. The maximum atomic E-state index is 11.4. The fourth-order valence-electron chi connectivity index (χ4n) is 1.58. The highest BCUT2D eigenvalue weighted by Gasteiger charge is 2.21. The Morgan fingerprint density at radius 1 is 0.818 bits per heavy atom. The van der Waals surface area contributed by atoms with Crippen LogP contribution in [0.25, 0.3) is 0 Å². The molecule has 0 aliphatic carbocycles. The lowest BCUT2D eigenvalue weighted by atomic mass is 9.94. The van der Waals surface area contributed by atoms with Crippen LogP contribution in [0.1, 0.15) is 66.2 Å². The van der Waals surface area contributed by atoms with E-state index in [1.54, 1.807) is 0 Å². The zero-order valence-electron chi connectivity index (χ0n) is 13.9. The number of aliphatic hydroxyl groups is 2. The first-order chi connectivity index (χ1) is 10.3. The van der Waals surface area contributed by atoms with Crippen LogP contribution in [-0.4, -0.2) is 21.4 Å². The van der Waals surface area contributed by atoms with Crippen LogP contribution in [0, 0.1) is 24.1 Å². The standard InChI is InChI=1S/C16H27O5P/c1-5-15(17,6-2)11-9-13-20-22(19)21-14-10-12-16(18,7-3)8-4/h17-18,22H,5-8,11-12H2,1-4H3. The predicted molar refractivity (Wildman–Crippen MR) is 87.0 cm³/mol. The second-order valence-corrected chi connectivity index (χ2v) is 6.14. The number of hydrogen-bond donors (Lipinski definition) is 2. The molecule has 0 unspecified atom stereocenters. The minimum Gasteiger partial charge on any atom is -0.389 e. The summed E-state index contributed by atoms with van der Waals surface area (Å²) in [5, 5.41) is 20.0. The Hall–Kier alpha value is -1.13. The Kier molecular flexibility index (Phi) is 10.0. The van der Waals surface area contributed by atoms with E-state index in [2.05, 4.69) is 24.1 Å². The highest BCUT2D eigenvalue weighted by molar-refractivity contribution is 7.33. The molecule has 2 N–H and O–H groups in total. The molecular formula is C16H27O5P. The monoisotopic (exact) mass is 330 g/mol. The Labute approximate surface area is 134 Å². The van der Waals surface area contributed by atoms with E-state index in [0.29, 0.717) is 25.7 Å². The van der Waals surface area contributed by atoms with E-state index in [1.807, 2.05) is 27.7 Å². The molecule has 0 aliphatic heterocycles. The first-order valence-corrected chi connectivity index (χ1v) is 8.85. The van der Waals surface area contributed by atoms with Crippen LogP contribution < -0.4 is 0 Å². The Morgan fingerprint density at radius 2 is 1.14 bits per heavy atom. The van der Waals surface area contributed by atoms with Crippen LogP contribution in [0.15, 0.2) is 0 Å². The summed E-state index contributed by atoms with van der Waals surface area (Å²) in [5.41, 5.74) is -1.67. The van der Waals surface area contributed by atoms with E-state index in [1.165, 1.54) is 0 Å². The van der Waals surface area contributed by atoms with Crippen LogP contribution in [0.4, 0.5) is 0 Å². The van der Waals surface area contributed by atoms with Gasteiger partial charge in [0.05, 0.1) is 11.2 Å². The van der Waals surface area contributed by atoms with Crippen molar-refractivity contribution in [2.24, 2.45) is 0 Å². The normalized spacial score (nSPS) is 11.2. The lowest BCUT2D eigenvalue weighted by Gasteiger charge is -2.21. The highest BCUT2D eigenvalue weighted by atomic mass is 31.1. The van der Waals surface area contributed by atoms with Gasteiger partial charge in [0.25, 0.3) is 0 Å². The Bertz CT molecular complexity index is 416. The van der Waals surface area contributed by atoms with Crippen molar-refractivity contribution >= 4 is 8.25 Å². The molecule has 0 bridgehead atoms. The fraction of sp³-hybridized carbons (Fsp3) is 0.750. The SMILES string of the molecule is CCC(O)(CC)CC#CO[PH](=O)OC#CCC(O)(CC)CC. The Balaban J connectivity index is 4.18. The molecule has 0 aromatic heterocycles. The van der Waals surface area contributed by atoms with Crippen molar-refractivity contribution in [3.63, 3.8) is 0 Å². The van der Waals surface area contributed by atoms with Crippen LogP contribution in [0.2, 0.25) is 0 Å². The van der Waals surface area contributed by atoms with Gasteiger partial charge >= 0.3 is 8.25 Å². The lowest BCUT2D eigenvalue weighted by Crippen LogP contribution is -2.25. The molecule has 6 heteroatoms. The van der Waals surface area contributed by atoms with Gasteiger partial charge in [0.2, 0.25) is 0 Å². The topological polar surface area (TPSA) is 76.0 Å². The fourth-order valence-corrected chi connectivity index (χ4v) is 1.93. The molecule has 0 radical (unpaired) electrons. The van der Waals surface area contributed by atoms with Crippen molar-refractivity contribution in [1.82, 2.24) is 0 Å². The third-order valence-electron chi connectivity index (χ3n) is 3.88. The summed E-state index contributed by atoms with van der Waals surface area (Å²) in [5.74, 6) is 5.25. The van der Waals surface area contributed by atoms with Crippen LogP contribution in [-0.2, 0) is 13.6 Å². The van der Waals surface area contributed by atoms with Gasteiger partial charge in [-0.1, -0.05) is 39.5 Å². The Morgan fingerprint density at radius 3 is 1.41 bits per heavy atom. The molecule has 0 atom stereocenters. The quantitative estimate of drug-likeness (QED) is 0.528. The summed E-state index contributed by atoms with van der Waals surface area (Å²) in [6, 6.07) is 0.